The van der Waals surface area contributed by atoms with Gasteiger partial charge in [0, 0.05) is 29.9 Å². The molecular formula is C22H24N2O4. The first-order chi connectivity index (χ1) is 13.5. The molecule has 1 heterocycles. The molecular weight excluding hydrogens is 356 g/mol. The minimum Gasteiger partial charge on any atom is -0.465 e. The van der Waals surface area contributed by atoms with Crippen molar-refractivity contribution in [1.82, 2.24) is 4.90 Å². The summed E-state index contributed by atoms with van der Waals surface area (Å²) in [6.45, 7) is 3.70. The molecule has 0 bridgehead atoms. The fraction of sp³-hybridized carbons (Fsp3) is 0.318. The number of methoxy groups -OCH3 is 1. The molecule has 1 aliphatic rings. The van der Waals surface area contributed by atoms with Crippen LogP contribution in [0.3, 0.4) is 0 Å². The topological polar surface area (TPSA) is 75.7 Å². The summed E-state index contributed by atoms with van der Waals surface area (Å²) in [5.74, 6) is -0.139. The van der Waals surface area contributed by atoms with E-state index in [1.54, 1.807) is 48.5 Å². The average Bonchev–Trinajstić information content (AvgIpc) is 2.74. The zero-order valence-corrected chi connectivity index (χ0v) is 16.1. The van der Waals surface area contributed by atoms with E-state index >= 15 is 0 Å². The van der Waals surface area contributed by atoms with Gasteiger partial charge >= 0.3 is 5.97 Å². The fourth-order valence-corrected chi connectivity index (χ4v) is 3.20. The number of nitrogens with zero attached hydrogens (tertiary/aromatic N) is 1. The molecule has 2 aromatic rings. The number of piperidine rings is 1. The van der Waals surface area contributed by atoms with E-state index in [1.165, 1.54) is 7.11 Å². The highest BCUT2D eigenvalue weighted by atomic mass is 16.5. The lowest BCUT2D eigenvalue weighted by Gasteiger charge is -2.30. The standard InChI is InChI=1S/C22H24N2O4/c1-15-10-12-24(13-11-15)21(26)18-5-3-4-17(14-18)20(25)23-19-8-6-16(7-9-19)22(27)28-2/h3-9,14-15H,10-13H2,1-2H3,(H,23,25). The molecule has 2 aromatic carbocycles. The minimum atomic E-state index is -0.434. The molecule has 0 radical (unpaired) electrons. The molecule has 0 aromatic heterocycles. The van der Waals surface area contributed by atoms with Crippen LogP contribution in [0.4, 0.5) is 5.69 Å². The maximum absolute atomic E-state index is 12.7. The van der Waals surface area contributed by atoms with Gasteiger partial charge in [-0.25, -0.2) is 4.79 Å². The predicted octanol–water partition coefficient (Wildman–Crippen LogP) is 3.60. The molecule has 0 atom stereocenters. The number of hydrogen-bond acceptors (Lipinski definition) is 4. The van der Waals surface area contributed by atoms with E-state index in [9.17, 15) is 14.4 Å². The molecule has 146 valence electrons. The lowest BCUT2D eigenvalue weighted by molar-refractivity contribution is 0.0600. The number of anilines is 1. The molecule has 1 N–H and O–H groups in total. The van der Waals surface area contributed by atoms with Crippen molar-refractivity contribution in [3.05, 3.63) is 65.2 Å². The second-order valence-corrected chi connectivity index (χ2v) is 7.08. The molecule has 6 heteroatoms. The van der Waals surface area contributed by atoms with Crippen LogP contribution in [0.15, 0.2) is 48.5 Å². The van der Waals surface area contributed by atoms with Crippen LogP contribution in [-0.2, 0) is 4.74 Å². The number of amides is 2. The highest BCUT2D eigenvalue weighted by Crippen LogP contribution is 2.19. The number of hydrogen-bond donors (Lipinski definition) is 1. The van der Waals surface area contributed by atoms with E-state index in [2.05, 4.69) is 17.0 Å². The third kappa shape index (κ3) is 4.57. The maximum atomic E-state index is 12.7. The highest BCUT2D eigenvalue weighted by molar-refractivity contribution is 6.06. The number of rotatable bonds is 4. The van der Waals surface area contributed by atoms with Crippen molar-refractivity contribution in [3.63, 3.8) is 0 Å². The van der Waals surface area contributed by atoms with Crippen molar-refractivity contribution < 1.29 is 19.1 Å². The summed E-state index contributed by atoms with van der Waals surface area (Å²) in [7, 11) is 1.32. The van der Waals surface area contributed by atoms with Gasteiger partial charge in [-0.2, -0.15) is 0 Å². The van der Waals surface area contributed by atoms with Crippen LogP contribution in [0.2, 0.25) is 0 Å². The SMILES string of the molecule is COC(=O)c1ccc(NC(=O)c2cccc(C(=O)N3CCC(C)CC3)c2)cc1. The van der Waals surface area contributed by atoms with Crippen LogP contribution in [0, 0.1) is 5.92 Å². The number of benzene rings is 2. The number of likely N-dealkylation sites (tertiary alicyclic amines) is 1. The van der Waals surface area contributed by atoms with Crippen molar-refractivity contribution >= 4 is 23.5 Å². The maximum Gasteiger partial charge on any atom is 0.337 e. The van der Waals surface area contributed by atoms with Crippen LogP contribution < -0.4 is 5.32 Å². The van der Waals surface area contributed by atoms with Crippen molar-refractivity contribution in [2.45, 2.75) is 19.8 Å². The zero-order valence-electron chi connectivity index (χ0n) is 16.1. The summed E-state index contributed by atoms with van der Waals surface area (Å²) in [5.41, 5.74) is 1.89. The second kappa shape index (κ2) is 8.69. The third-order valence-corrected chi connectivity index (χ3v) is 5.01. The molecule has 0 aliphatic carbocycles. The van der Waals surface area contributed by atoms with Crippen LogP contribution >= 0.6 is 0 Å². The Morgan fingerprint density at radius 2 is 1.61 bits per heavy atom. The summed E-state index contributed by atoms with van der Waals surface area (Å²) in [5, 5.41) is 2.78. The first-order valence-corrected chi connectivity index (χ1v) is 9.37. The van der Waals surface area contributed by atoms with E-state index in [4.69, 9.17) is 0 Å². The van der Waals surface area contributed by atoms with Crippen molar-refractivity contribution in [2.75, 3.05) is 25.5 Å². The Bertz CT molecular complexity index is 868. The van der Waals surface area contributed by atoms with E-state index in [0.29, 0.717) is 28.3 Å². The highest BCUT2D eigenvalue weighted by Gasteiger charge is 2.22. The molecule has 2 amide bonds. The Morgan fingerprint density at radius 3 is 2.25 bits per heavy atom. The van der Waals surface area contributed by atoms with Gasteiger partial charge in [-0.15, -0.1) is 0 Å². The van der Waals surface area contributed by atoms with E-state index in [1.807, 2.05) is 4.90 Å². The Hall–Kier alpha value is -3.15. The minimum absolute atomic E-state index is 0.0380. The zero-order chi connectivity index (χ0) is 20.1. The number of carbonyl (C=O) groups is 3. The van der Waals surface area contributed by atoms with Gasteiger partial charge in [0.1, 0.15) is 0 Å². The molecule has 1 fully saturated rings. The van der Waals surface area contributed by atoms with E-state index in [-0.39, 0.29) is 11.8 Å². The largest absolute Gasteiger partial charge is 0.465 e. The van der Waals surface area contributed by atoms with Crippen molar-refractivity contribution in [2.24, 2.45) is 5.92 Å². The Labute approximate surface area is 164 Å². The lowest BCUT2D eigenvalue weighted by atomic mass is 9.98. The summed E-state index contributed by atoms with van der Waals surface area (Å²) >= 11 is 0. The lowest BCUT2D eigenvalue weighted by Crippen LogP contribution is -2.38. The van der Waals surface area contributed by atoms with Gasteiger partial charge in [-0.1, -0.05) is 13.0 Å². The Balaban J connectivity index is 1.68. The molecule has 1 saturated heterocycles. The smallest absolute Gasteiger partial charge is 0.337 e. The Kier molecular flexibility index (Phi) is 6.09. The first-order valence-electron chi connectivity index (χ1n) is 9.37. The van der Waals surface area contributed by atoms with Crippen LogP contribution in [0.5, 0.6) is 0 Å². The normalized spacial score (nSPS) is 14.4. The number of esters is 1. The van der Waals surface area contributed by atoms with Gasteiger partial charge in [-0.05, 0) is 61.2 Å². The predicted molar refractivity (Wildman–Crippen MR) is 106 cm³/mol. The monoisotopic (exact) mass is 380 g/mol. The van der Waals surface area contributed by atoms with Gasteiger partial charge < -0.3 is 15.0 Å². The first kappa shape index (κ1) is 19.6. The average molecular weight is 380 g/mol. The molecule has 6 nitrogen and oxygen atoms in total. The fourth-order valence-electron chi connectivity index (χ4n) is 3.20. The summed E-state index contributed by atoms with van der Waals surface area (Å²) in [4.78, 5) is 38.6. The quantitative estimate of drug-likeness (QED) is 0.823. The van der Waals surface area contributed by atoms with Crippen LogP contribution in [-0.4, -0.2) is 42.9 Å². The molecule has 28 heavy (non-hydrogen) atoms. The summed E-state index contributed by atoms with van der Waals surface area (Å²) < 4.78 is 4.66. The molecule has 1 aliphatic heterocycles. The molecule has 3 rings (SSSR count). The third-order valence-electron chi connectivity index (χ3n) is 5.01. The molecule has 0 spiro atoms. The number of nitrogens with one attached hydrogen (secondary N) is 1. The van der Waals surface area contributed by atoms with Gasteiger partial charge in [0.25, 0.3) is 11.8 Å². The second-order valence-electron chi connectivity index (χ2n) is 7.08. The molecule has 0 unspecified atom stereocenters. The van der Waals surface area contributed by atoms with Gasteiger partial charge in [0.15, 0.2) is 0 Å². The number of carbonyl (C=O) groups excluding carboxylic acids is 3. The van der Waals surface area contributed by atoms with Crippen LogP contribution in [0.1, 0.15) is 50.8 Å². The summed E-state index contributed by atoms with van der Waals surface area (Å²) in [6.07, 6.45) is 2.01. The Morgan fingerprint density at radius 1 is 0.964 bits per heavy atom. The van der Waals surface area contributed by atoms with Gasteiger partial charge in [0.2, 0.25) is 0 Å². The summed E-state index contributed by atoms with van der Waals surface area (Å²) in [6, 6.07) is 13.2. The van der Waals surface area contributed by atoms with Crippen molar-refractivity contribution in [3.8, 4) is 0 Å². The van der Waals surface area contributed by atoms with E-state index in [0.717, 1.165) is 25.9 Å². The number of ether oxygens (including phenoxy) is 1. The van der Waals surface area contributed by atoms with Gasteiger partial charge in [0.05, 0.1) is 12.7 Å². The molecule has 0 saturated carbocycles. The van der Waals surface area contributed by atoms with Crippen LogP contribution in [0.25, 0.3) is 0 Å². The van der Waals surface area contributed by atoms with E-state index < -0.39 is 5.97 Å². The van der Waals surface area contributed by atoms with Crippen molar-refractivity contribution in [1.29, 1.82) is 0 Å². The van der Waals surface area contributed by atoms with Gasteiger partial charge in [-0.3, -0.25) is 9.59 Å².